The van der Waals surface area contributed by atoms with Crippen molar-refractivity contribution in [3.8, 4) is 11.5 Å². The van der Waals surface area contributed by atoms with Crippen molar-refractivity contribution in [1.82, 2.24) is 0 Å². The Hall–Kier alpha value is -1.56. The van der Waals surface area contributed by atoms with Gasteiger partial charge in [0.15, 0.2) is 0 Å². The van der Waals surface area contributed by atoms with Crippen molar-refractivity contribution in [3.63, 3.8) is 0 Å². The zero-order valence-electron chi connectivity index (χ0n) is 16.8. The van der Waals surface area contributed by atoms with E-state index in [0.29, 0.717) is 11.3 Å². The molecule has 0 bridgehead atoms. The van der Waals surface area contributed by atoms with Crippen LogP contribution in [0.3, 0.4) is 0 Å². The summed E-state index contributed by atoms with van der Waals surface area (Å²) in [4.78, 5) is 12.2. The molecule has 0 N–H and O–H groups in total. The lowest BCUT2D eigenvalue weighted by atomic mass is 10.1. The average Bonchev–Trinajstić information content (AvgIpc) is 2.73. The number of hydrogen-bond donors (Lipinski definition) is 0. The monoisotopic (exact) mass is 494 g/mol. The molecule has 0 atom stereocenters. The van der Waals surface area contributed by atoms with E-state index in [1.165, 1.54) is 50.5 Å². The zero-order valence-corrected chi connectivity index (χ0v) is 19.0. The van der Waals surface area contributed by atoms with Crippen molar-refractivity contribution < 1.29 is 14.3 Å². The van der Waals surface area contributed by atoms with Crippen LogP contribution < -0.4 is 9.47 Å². The third kappa shape index (κ3) is 8.63. The Labute approximate surface area is 183 Å². The summed E-state index contributed by atoms with van der Waals surface area (Å²) in [6, 6.07) is 14.8. The minimum absolute atomic E-state index is 0.350. The molecular weight excluding hydrogens is 463 g/mol. The molecule has 2 aromatic rings. The first-order chi connectivity index (χ1) is 13.7. The fourth-order valence-electron chi connectivity index (χ4n) is 2.93. The van der Waals surface area contributed by atoms with Gasteiger partial charge in [0, 0.05) is 4.43 Å². The Morgan fingerprint density at radius 2 is 1.36 bits per heavy atom. The van der Waals surface area contributed by atoms with Gasteiger partial charge in [-0.3, -0.25) is 0 Å². The predicted octanol–water partition coefficient (Wildman–Crippen LogP) is 7.36. The number of ether oxygens (including phenoxy) is 2. The molecule has 0 radical (unpaired) electrons. The van der Waals surface area contributed by atoms with Crippen LogP contribution in [0.5, 0.6) is 11.5 Å². The SMILES string of the molecule is CCCCCCCCCCOc1ccc(C(=O)Oc2ccc(CI)cc2)cc1. The molecule has 0 aliphatic rings. The fraction of sp³-hybridized carbons (Fsp3) is 0.458. The van der Waals surface area contributed by atoms with Gasteiger partial charge in [-0.1, -0.05) is 86.6 Å². The van der Waals surface area contributed by atoms with Gasteiger partial charge in [0.2, 0.25) is 0 Å². The first-order valence-electron chi connectivity index (χ1n) is 10.3. The van der Waals surface area contributed by atoms with Crippen LogP contribution in [0.25, 0.3) is 0 Å². The number of unbranched alkanes of at least 4 members (excludes halogenated alkanes) is 7. The van der Waals surface area contributed by atoms with Gasteiger partial charge in [-0.2, -0.15) is 0 Å². The molecule has 0 unspecified atom stereocenters. The molecule has 0 aromatic heterocycles. The van der Waals surface area contributed by atoms with Gasteiger partial charge in [-0.25, -0.2) is 4.79 Å². The van der Waals surface area contributed by atoms with E-state index in [1.807, 2.05) is 36.4 Å². The molecule has 0 fully saturated rings. The van der Waals surface area contributed by atoms with E-state index in [2.05, 4.69) is 29.5 Å². The van der Waals surface area contributed by atoms with E-state index in [1.54, 1.807) is 12.1 Å². The number of hydrogen-bond acceptors (Lipinski definition) is 3. The number of esters is 1. The van der Waals surface area contributed by atoms with Gasteiger partial charge in [-0.05, 0) is 48.4 Å². The molecule has 0 spiro atoms. The summed E-state index contributed by atoms with van der Waals surface area (Å²) in [5, 5.41) is 0. The fourth-order valence-corrected chi connectivity index (χ4v) is 3.43. The zero-order chi connectivity index (χ0) is 20.0. The van der Waals surface area contributed by atoms with Crippen LogP contribution in [0, 0.1) is 0 Å². The third-order valence-electron chi connectivity index (χ3n) is 4.64. The van der Waals surface area contributed by atoms with Crippen LogP contribution >= 0.6 is 22.6 Å². The van der Waals surface area contributed by atoms with Crippen LogP contribution in [0.4, 0.5) is 0 Å². The maximum absolute atomic E-state index is 12.2. The smallest absolute Gasteiger partial charge is 0.343 e. The molecule has 0 aliphatic heterocycles. The highest BCUT2D eigenvalue weighted by atomic mass is 127. The molecule has 2 rings (SSSR count). The van der Waals surface area contributed by atoms with Crippen LogP contribution in [0.15, 0.2) is 48.5 Å². The van der Waals surface area contributed by atoms with Gasteiger partial charge in [-0.15, -0.1) is 0 Å². The first-order valence-corrected chi connectivity index (χ1v) is 11.9. The quantitative estimate of drug-likeness (QED) is 0.0960. The van der Waals surface area contributed by atoms with Crippen molar-refractivity contribution >= 4 is 28.6 Å². The molecule has 0 aliphatic carbocycles. The van der Waals surface area contributed by atoms with E-state index in [9.17, 15) is 4.79 Å². The van der Waals surface area contributed by atoms with Crippen molar-refractivity contribution in [3.05, 3.63) is 59.7 Å². The largest absolute Gasteiger partial charge is 0.494 e. The van der Waals surface area contributed by atoms with Gasteiger partial charge in [0.1, 0.15) is 11.5 Å². The second-order valence-electron chi connectivity index (χ2n) is 7.01. The lowest BCUT2D eigenvalue weighted by Gasteiger charge is -2.08. The summed E-state index contributed by atoms with van der Waals surface area (Å²) in [7, 11) is 0. The predicted molar refractivity (Wildman–Crippen MR) is 124 cm³/mol. The average molecular weight is 494 g/mol. The number of rotatable bonds is 13. The van der Waals surface area contributed by atoms with E-state index >= 15 is 0 Å². The molecule has 0 heterocycles. The molecule has 3 nitrogen and oxygen atoms in total. The van der Waals surface area contributed by atoms with E-state index in [0.717, 1.165) is 23.2 Å². The van der Waals surface area contributed by atoms with Crippen molar-refractivity contribution in [2.45, 2.75) is 62.7 Å². The van der Waals surface area contributed by atoms with Gasteiger partial charge >= 0.3 is 5.97 Å². The lowest BCUT2D eigenvalue weighted by Crippen LogP contribution is -2.08. The van der Waals surface area contributed by atoms with Crippen LogP contribution in [-0.2, 0) is 4.43 Å². The number of carbonyl (C=O) groups excluding carboxylic acids is 1. The summed E-state index contributed by atoms with van der Waals surface area (Å²) in [6.07, 6.45) is 10.3. The Morgan fingerprint density at radius 3 is 1.96 bits per heavy atom. The maximum atomic E-state index is 12.2. The molecular formula is C24H31IO3. The minimum Gasteiger partial charge on any atom is -0.494 e. The molecule has 0 saturated carbocycles. The van der Waals surface area contributed by atoms with Crippen LogP contribution in [0.2, 0.25) is 0 Å². The van der Waals surface area contributed by atoms with Crippen LogP contribution in [0.1, 0.15) is 74.2 Å². The Kier molecular flexibility index (Phi) is 11.0. The summed E-state index contributed by atoms with van der Waals surface area (Å²) < 4.78 is 12.1. The van der Waals surface area contributed by atoms with Gasteiger partial charge in [0.25, 0.3) is 0 Å². The summed E-state index contributed by atoms with van der Waals surface area (Å²) in [6.45, 7) is 2.97. The van der Waals surface area contributed by atoms with Crippen molar-refractivity contribution in [1.29, 1.82) is 0 Å². The van der Waals surface area contributed by atoms with E-state index in [-0.39, 0.29) is 5.97 Å². The van der Waals surface area contributed by atoms with E-state index < -0.39 is 0 Å². The van der Waals surface area contributed by atoms with Crippen molar-refractivity contribution in [2.24, 2.45) is 0 Å². The number of carbonyl (C=O) groups is 1. The molecule has 28 heavy (non-hydrogen) atoms. The van der Waals surface area contributed by atoms with Crippen molar-refractivity contribution in [2.75, 3.05) is 6.61 Å². The standard InChI is InChI=1S/C24H31IO3/c1-2-3-4-5-6-7-8-9-18-27-22-16-12-21(13-17-22)24(26)28-23-14-10-20(19-25)11-15-23/h10-17H,2-9,18-19H2,1H3. The highest BCUT2D eigenvalue weighted by Gasteiger charge is 2.09. The van der Waals surface area contributed by atoms with E-state index in [4.69, 9.17) is 9.47 Å². The molecule has 2 aromatic carbocycles. The Morgan fingerprint density at radius 1 is 0.786 bits per heavy atom. The molecule has 0 saturated heterocycles. The number of halogens is 1. The second kappa shape index (κ2) is 13.6. The molecule has 152 valence electrons. The highest BCUT2D eigenvalue weighted by Crippen LogP contribution is 2.18. The topological polar surface area (TPSA) is 35.5 Å². The third-order valence-corrected chi connectivity index (χ3v) is 5.53. The summed E-state index contributed by atoms with van der Waals surface area (Å²) in [5.74, 6) is 1.01. The maximum Gasteiger partial charge on any atom is 0.343 e. The lowest BCUT2D eigenvalue weighted by molar-refractivity contribution is 0.0734. The Balaban J connectivity index is 1.65. The second-order valence-corrected chi connectivity index (χ2v) is 7.78. The minimum atomic E-state index is -0.350. The molecule has 0 amide bonds. The molecule has 4 heteroatoms. The number of benzene rings is 2. The van der Waals surface area contributed by atoms with Gasteiger partial charge < -0.3 is 9.47 Å². The number of alkyl halides is 1. The summed E-state index contributed by atoms with van der Waals surface area (Å²) in [5.41, 5.74) is 1.73. The van der Waals surface area contributed by atoms with Crippen LogP contribution in [-0.4, -0.2) is 12.6 Å². The van der Waals surface area contributed by atoms with Gasteiger partial charge in [0.05, 0.1) is 12.2 Å². The highest BCUT2D eigenvalue weighted by molar-refractivity contribution is 14.1. The Bertz CT molecular complexity index is 680. The normalized spacial score (nSPS) is 10.6. The first kappa shape index (κ1) is 22.7. The summed E-state index contributed by atoms with van der Waals surface area (Å²) >= 11 is 2.30.